The van der Waals surface area contributed by atoms with Gasteiger partial charge in [-0.25, -0.2) is 0 Å². The van der Waals surface area contributed by atoms with Crippen LogP contribution in [0.4, 0.5) is 0 Å². The van der Waals surface area contributed by atoms with E-state index in [1.54, 1.807) is 17.9 Å². The van der Waals surface area contributed by atoms with E-state index in [9.17, 15) is 4.79 Å². The van der Waals surface area contributed by atoms with Crippen LogP contribution in [0.5, 0.6) is 0 Å². The van der Waals surface area contributed by atoms with Crippen LogP contribution in [-0.4, -0.2) is 25.5 Å². The molecule has 0 spiro atoms. The molecule has 0 aliphatic carbocycles. The molecule has 0 saturated heterocycles. The van der Waals surface area contributed by atoms with Crippen molar-refractivity contribution in [3.63, 3.8) is 0 Å². The standard InChI is InChI=1S/C13H19N5O/c1-8-11(10(3)18(5)16-8)6-14-13(19)12-7-17(4)15-9(12)2/h7H,6H2,1-5H3,(H,14,19). The largest absolute Gasteiger partial charge is 0.348 e. The number of nitrogens with zero attached hydrogens (tertiary/aromatic N) is 4. The summed E-state index contributed by atoms with van der Waals surface area (Å²) in [7, 11) is 3.71. The van der Waals surface area contributed by atoms with Crippen molar-refractivity contribution in [2.24, 2.45) is 14.1 Å². The van der Waals surface area contributed by atoms with Crippen LogP contribution in [0.1, 0.15) is 33.0 Å². The quantitative estimate of drug-likeness (QED) is 0.896. The van der Waals surface area contributed by atoms with Gasteiger partial charge in [-0.2, -0.15) is 10.2 Å². The minimum absolute atomic E-state index is 0.103. The molecular weight excluding hydrogens is 242 g/mol. The second-order valence-corrected chi connectivity index (χ2v) is 4.76. The molecule has 102 valence electrons. The Labute approximate surface area is 112 Å². The predicted octanol–water partition coefficient (Wildman–Crippen LogP) is 1.01. The van der Waals surface area contributed by atoms with E-state index in [0.717, 1.165) is 22.6 Å². The Morgan fingerprint density at radius 1 is 1.21 bits per heavy atom. The van der Waals surface area contributed by atoms with Crippen molar-refractivity contribution in [1.82, 2.24) is 24.9 Å². The summed E-state index contributed by atoms with van der Waals surface area (Å²) in [6.45, 7) is 6.26. The molecular formula is C13H19N5O. The van der Waals surface area contributed by atoms with Gasteiger partial charge in [0.25, 0.3) is 5.91 Å². The van der Waals surface area contributed by atoms with Crippen molar-refractivity contribution < 1.29 is 4.79 Å². The van der Waals surface area contributed by atoms with Gasteiger partial charge in [0.15, 0.2) is 0 Å². The van der Waals surface area contributed by atoms with E-state index in [-0.39, 0.29) is 5.91 Å². The van der Waals surface area contributed by atoms with Gasteiger partial charge in [0.2, 0.25) is 0 Å². The molecule has 19 heavy (non-hydrogen) atoms. The van der Waals surface area contributed by atoms with Crippen LogP contribution in [0.3, 0.4) is 0 Å². The van der Waals surface area contributed by atoms with Crippen molar-refractivity contribution >= 4 is 5.91 Å². The summed E-state index contributed by atoms with van der Waals surface area (Å²) in [4.78, 5) is 12.1. The van der Waals surface area contributed by atoms with Crippen molar-refractivity contribution in [1.29, 1.82) is 0 Å². The van der Waals surface area contributed by atoms with Gasteiger partial charge < -0.3 is 5.32 Å². The van der Waals surface area contributed by atoms with Gasteiger partial charge in [0, 0.05) is 38.1 Å². The molecule has 0 atom stereocenters. The summed E-state index contributed by atoms with van der Waals surface area (Å²) < 4.78 is 3.47. The zero-order chi connectivity index (χ0) is 14.2. The molecule has 0 bridgehead atoms. The summed E-state index contributed by atoms with van der Waals surface area (Å²) in [5, 5.41) is 11.4. The van der Waals surface area contributed by atoms with Gasteiger partial charge in [0.05, 0.1) is 17.0 Å². The molecule has 0 unspecified atom stereocenters. The molecule has 2 rings (SSSR count). The Balaban J connectivity index is 2.11. The van der Waals surface area contributed by atoms with E-state index in [0.29, 0.717) is 12.1 Å². The summed E-state index contributed by atoms with van der Waals surface area (Å²) in [6.07, 6.45) is 1.73. The van der Waals surface area contributed by atoms with Crippen LogP contribution in [0.15, 0.2) is 6.20 Å². The number of nitrogens with one attached hydrogen (secondary N) is 1. The third-order valence-electron chi connectivity index (χ3n) is 3.34. The summed E-state index contributed by atoms with van der Waals surface area (Å²) in [5.74, 6) is -0.103. The first-order valence-corrected chi connectivity index (χ1v) is 6.17. The van der Waals surface area contributed by atoms with Crippen LogP contribution in [0, 0.1) is 20.8 Å². The lowest BCUT2D eigenvalue weighted by Crippen LogP contribution is -2.23. The normalized spacial score (nSPS) is 10.8. The van der Waals surface area contributed by atoms with Gasteiger partial charge in [-0.1, -0.05) is 0 Å². The highest BCUT2D eigenvalue weighted by atomic mass is 16.1. The van der Waals surface area contributed by atoms with E-state index < -0.39 is 0 Å². The average molecular weight is 261 g/mol. The number of rotatable bonds is 3. The summed E-state index contributed by atoms with van der Waals surface area (Å²) in [5.41, 5.74) is 4.43. The Hall–Kier alpha value is -2.11. The first kappa shape index (κ1) is 13.3. The first-order chi connectivity index (χ1) is 8.90. The summed E-state index contributed by atoms with van der Waals surface area (Å²) >= 11 is 0. The molecule has 0 aliphatic heterocycles. The lowest BCUT2D eigenvalue weighted by atomic mass is 10.2. The zero-order valence-corrected chi connectivity index (χ0v) is 12.0. The fourth-order valence-electron chi connectivity index (χ4n) is 2.16. The molecule has 0 aromatic carbocycles. The number of aromatic nitrogens is 4. The molecule has 6 nitrogen and oxygen atoms in total. The van der Waals surface area contributed by atoms with Gasteiger partial charge in [-0.3, -0.25) is 14.2 Å². The number of carbonyl (C=O) groups is 1. The Morgan fingerprint density at radius 2 is 1.89 bits per heavy atom. The van der Waals surface area contributed by atoms with E-state index >= 15 is 0 Å². The molecule has 0 saturated carbocycles. The van der Waals surface area contributed by atoms with Gasteiger partial charge in [-0.15, -0.1) is 0 Å². The fraction of sp³-hybridized carbons (Fsp3) is 0.462. The smallest absolute Gasteiger partial charge is 0.255 e. The monoisotopic (exact) mass is 261 g/mol. The van der Waals surface area contributed by atoms with Crippen molar-refractivity contribution in [2.45, 2.75) is 27.3 Å². The zero-order valence-electron chi connectivity index (χ0n) is 12.0. The molecule has 0 aliphatic rings. The van der Waals surface area contributed by atoms with Gasteiger partial charge in [0.1, 0.15) is 0 Å². The number of carbonyl (C=O) groups excluding carboxylic acids is 1. The van der Waals surface area contributed by atoms with Crippen LogP contribution in [0.2, 0.25) is 0 Å². The highest BCUT2D eigenvalue weighted by molar-refractivity contribution is 5.94. The first-order valence-electron chi connectivity index (χ1n) is 6.17. The van der Waals surface area contributed by atoms with Crippen molar-refractivity contribution in [3.05, 3.63) is 34.4 Å². The molecule has 6 heteroatoms. The van der Waals surface area contributed by atoms with E-state index in [1.807, 2.05) is 32.5 Å². The molecule has 2 aromatic heterocycles. The maximum atomic E-state index is 12.1. The highest BCUT2D eigenvalue weighted by Crippen LogP contribution is 2.12. The van der Waals surface area contributed by atoms with E-state index in [2.05, 4.69) is 15.5 Å². The topological polar surface area (TPSA) is 64.7 Å². The van der Waals surface area contributed by atoms with Crippen LogP contribution in [0.25, 0.3) is 0 Å². The molecule has 0 fully saturated rings. The number of aryl methyl sites for hydroxylation is 4. The number of amides is 1. The van der Waals surface area contributed by atoms with Crippen molar-refractivity contribution in [3.8, 4) is 0 Å². The lowest BCUT2D eigenvalue weighted by Gasteiger charge is -2.05. The minimum Gasteiger partial charge on any atom is -0.348 e. The number of hydrogen-bond acceptors (Lipinski definition) is 3. The van der Waals surface area contributed by atoms with Gasteiger partial charge >= 0.3 is 0 Å². The van der Waals surface area contributed by atoms with E-state index in [1.165, 1.54) is 0 Å². The summed E-state index contributed by atoms with van der Waals surface area (Å²) in [6, 6.07) is 0. The van der Waals surface area contributed by atoms with E-state index in [4.69, 9.17) is 0 Å². The van der Waals surface area contributed by atoms with Crippen LogP contribution < -0.4 is 5.32 Å². The molecule has 1 N–H and O–H groups in total. The minimum atomic E-state index is -0.103. The van der Waals surface area contributed by atoms with Gasteiger partial charge in [-0.05, 0) is 20.8 Å². The Kier molecular flexibility index (Phi) is 3.42. The SMILES string of the molecule is Cc1nn(C)cc1C(=O)NCc1c(C)nn(C)c1C. The second kappa shape index (κ2) is 4.87. The maximum absolute atomic E-state index is 12.1. The number of hydrogen-bond donors (Lipinski definition) is 1. The molecule has 2 aromatic rings. The average Bonchev–Trinajstić information content (AvgIpc) is 2.78. The highest BCUT2D eigenvalue weighted by Gasteiger charge is 2.14. The Morgan fingerprint density at radius 3 is 2.37 bits per heavy atom. The lowest BCUT2D eigenvalue weighted by molar-refractivity contribution is 0.0950. The van der Waals surface area contributed by atoms with Crippen molar-refractivity contribution in [2.75, 3.05) is 0 Å². The third-order valence-corrected chi connectivity index (χ3v) is 3.34. The predicted molar refractivity (Wildman–Crippen MR) is 71.8 cm³/mol. The van der Waals surface area contributed by atoms with Crippen LogP contribution >= 0.6 is 0 Å². The Bertz CT molecular complexity index is 623. The van der Waals surface area contributed by atoms with Crippen LogP contribution in [-0.2, 0) is 20.6 Å². The third kappa shape index (κ3) is 2.52. The molecule has 2 heterocycles. The second-order valence-electron chi connectivity index (χ2n) is 4.76. The maximum Gasteiger partial charge on any atom is 0.255 e. The molecule has 1 amide bonds. The molecule has 0 radical (unpaired) electrons. The fourth-order valence-corrected chi connectivity index (χ4v) is 2.16.